The quantitative estimate of drug-likeness (QED) is 0.762. The molecule has 0 amide bonds. The maximum atomic E-state index is 5.88. The Morgan fingerprint density at radius 2 is 1.95 bits per heavy atom. The maximum absolute atomic E-state index is 5.88. The molecule has 0 aromatic rings. The molecule has 1 heterocycles. The summed E-state index contributed by atoms with van der Waals surface area (Å²) in [5, 5.41) is 3.96. The SMILES string of the molecule is CC(C)COCCN1CC2(CCCC2)NCC1(C)C1CC1. The van der Waals surface area contributed by atoms with E-state index in [0.717, 1.165) is 25.7 Å². The Hall–Kier alpha value is -0.120. The lowest BCUT2D eigenvalue weighted by Crippen LogP contribution is -2.69. The minimum Gasteiger partial charge on any atom is -0.380 e. The molecule has 2 saturated carbocycles. The number of hydrogen-bond acceptors (Lipinski definition) is 3. The van der Waals surface area contributed by atoms with Crippen LogP contribution < -0.4 is 5.32 Å². The van der Waals surface area contributed by atoms with Crippen LogP contribution in [0, 0.1) is 11.8 Å². The molecule has 1 aliphatic heterocycles. The molecule has 3 heteroatoms. The second kappa shape index (κ2) is 6.17. The summed E-state index contributed by atoms with van der Waals surface area (Å²) in [6, 6.07) is 0. The van der Waals surface area contributed by atoms with E-state index in [1.54, 1.807) is 0 Å². The van der Waals surface area contributed by atoms with Crippen LogP contribution in [0.15, 0.2) is 0 Å². The monoisotopic (exact) mass is 294 g/mol. The molecule has 1 saturated heterocycles. The van der Waals surface area contributed by atoms with Gasteiger partial charge in [-0.05, 0) is 44.4 Å². The van der Waals surface area contributed by atoms with Crippen LogP contribution in [-0.2, 0) is 4.74 Å². The van der Waals surface area contributed by atoms with Gasteiger partial charge in [-0.1, -0.05) is 26.7 Å². The third-order valence-corrected chi connectivity index (χ3v) is 6.01. The van der Waals surface area contributed by atoms with E-state index in [2.05, 4.69) is 31.0 Å². The first-order valence-corrected chi connectivity index (χ1v) is 9.12. The molecule has 1 spiro atoms. The third kappa shape index (κ3) is 3.46. The van der Waals surface area contributed by atoms with E-state index in [9.17, 15) is 0 Å². The van der Waals surface area contributed by atoms with Crippen LogP contribution in [0.4, 0.5) is 0 Å². The smallest absolute Gasteiger partial charge is 0.0593 e. The molecule has 0 bridgehead atoms. The van der Waals surface area contributed by atoms with Gasteiger partial charge in [0.05, 0.1) is 6.61 Å². The van der Waals surface area contributed by atoms with Gasteiger partial charge in [-0.15, -0.1) is 0 Å². The van der Waals surface area contributed by atoms with Gasteiger partial charge in [0, 0.05) is 37.3 Å². The first-order chi connectivity index (χ1) is 10.0. The predicted octanol–water partition coefficient (Wildman–Crippen LogP) is 3.05. The van der Waals surface area contributed by atoms with Gasteiger partial charge in [0.15, 0.2) is 0 Å². The summed E-state index contributed by atoms with van der Waals surface area (Å²) in [7, 11) is 0. The highest BCUT2D eigenvalue weighted by atomic mass is 16.5. The van der Waals surface area contributed by atoms with Crippen LogP contribution in [0.25, 0.3) is 0 Å². The van der Waals surface area contributed by atoms with Crippen molar-refractivity contribution in [1.29, 1.82) is 0 Å². The average Bonchev–Trinajstić information content (AvgIpc) is 3.21. The summed E-state index contributed by atoms with van der Waals surface area (Å²) in [6.07, 6.45) is 8.41. The van der Waals surface area contributed by atoms with Crippen molar-refractivity contribution in [2.24, 2.45) is 11.8 Å². The van der Waals surface area contributed by atoms with Crippen LogP contribution in [0.2, 0.25) is 0 Å². The van der Waals surface area contributed by atoms with E-state index in [4.69, 9.17) is 4.74 Å². The van der Waals surface area contributed by atoms with Crippen LogP contribution in [-0.4, -0.2) is 48.8 Å². The topological polar surface area (TPSA) is 24.5 Å². The van der Waals surface area contributed by atoms with Crippen molar-refractivity contribution in [3.8, 4) is 0 Å². The minimum absolute atomic E-state index is 0.370. The molecule has 21 heavy (non-hydrogen) atoms. The van der Waals surface area contributed by atoms with Crippen molar-refractivity contribution in [2.45, 2.75) is 70.4 Å². The summed E-state index contributed by atoms with van der Waals surface area (Å²) < 4.78 is 5.88. The van der Waals surface area contributed by atoms with Crippen molar-refractivity contribution >= 4 is 0 Å². The van der Waals surface area contributed by atoms with E-state index >= 15 is 0 Å². The molecule has 3 rings (SSSR count). The molecular weight excluding hydrogens is 260 g/mol. The number of rotatable bonds is 6. The number of ether oxygens (including phenoxy) is 1. The van der Waals surface area contributed by atoms with E-state index in [0.29, 0.717) is 17.0 Å². The lowest BCUT2D eigenvalue weighted by Gasteiger charge is -2.53. The summed E-state index contributed by atoms with van der Waals surface area (Å²) in [5.74, 6) is 1.55. The van der Waals surface area contributed by atoms with Gasteiger partial charge in [-0.25, -0.2) is 0 Å². The highest BCUT2D eigenvalue weighted by Crippen LogP contribution is 2.46. The highest BCUT2D eigenvalue weighted by Gasteiger charge is 2.52. The molecule has 1 N–H and O–H groups in total. The van der Waals surface area contributed by atoms with Crippen LogP contribution >= 0.6 is 0 Å². The lowest BCUT2D eigenvalue weighted by molar-refractivity contribution is -0.0197. The van der Waals surface area contributed by atoms with E-state index in [-0.39, 0.29) is 0 Å². The van der Waals surface area contributed by atoms with E-state index in [1.165, 1.54) is 51.6 Å². The predicted molar refractivity (Wildman–Crippen MR) is 87.6 cm³/mol. The largest absolute Gasteiger partial charge is 0.380 e. The molecule has 2 aliphatic carbocycles. The summed E-state index contributed by atoms with van der Waals surface area (Å²) in [5.41, 5.74) is 0.793. The molecule has 1 unspecified atom stereocenters. The van der Waals surface area contributed by atoms with Gasteiger partial charge in [-0.3, -0.25) is 4.90 Å². The van der Waals surface area contributed by atoms with E-state index in [1.807, 2.05) is 0 Å². The second-order valence-corrected chi connectivity index (χ2v) is 8.36. The zero-order chi connectivity index (χ0) is 14.9. The maximum Gasteiger partial charge on any atom is 0.0593 e. The molecule has 3 aliphatic rings. The molecule has 0 aromatic carbocycles. The molecule has 3 fully saturated rings. The fourth-order valence-corrected chi connectivity index (χ4v) is 4.40. The average molecular weight is 294 g/mol. The Morgan fingerprint density at radius 3 is 2.57 bits per heavy atom. The number of nitrogens with one attached hydrogen (secondary N) is 1. The summed E-state index contributed by atoms with van der Waals surface area (Å²) >= 11 is 0. The fourth-order valence-electron chi connectivity index (χ4n) is 4.40. The Morgan fingerprint density at radius 1 is 1.24 bits per heavy atom. The van der Waals surface area contributed by atoms with E-state index < -0.39 is 0 Å². The summed E-state index contributed by atoms with van der Waals surface area (Å²) in [4.78, 5) is 2.78. The highest BCUT2D eigenvalue weighted by molar-refractivity contribution is 5.10. The Kier molecular flexibility index (Phi) is 4.63. The molecule has 0 aromatic heterocycles. The molecule has 1 atom stereocenters. The summed E-state index contributed by atoms with van der Waals surface area (Å²) in [6.45, 7) is 12.3. The Balaban J connectivity index is 1.59. The van der Waals surface area contributed by atoms with Gasteiger partial charge in [0.25, 0.3) is 0 Å². The number of piperazine rings is 1. The fraction of sp³-hybridized carbons (Fsp3) is 1.00. The Bertz CT molecular complexity index is 347. The van der Waals surface area contributed by atoms with Gasteiger partial charge in [0.2, 0.25) is 0 Å². The second-order valence-electron chi connectivity index (χ2n) is 8.36. The normalized spacial score (nSPS) is 33.1. The molecule has 3 nitrogen and oxygen atoms in total. The zero-order valence-electron chi connectivity index (χ0n) is 14.3. The van der Waals surface area contributed by atoms with Crippen molar-refractivity contribution < 1.29 is 4.74 Å². The van der Waals surface area contributed by atoms with Gasteiger partial charge in [0.1, 0.15) is 0 Å². The first kappa shape index (κ1) is 15.8. The van der Waals surface area contributed by atoms with Gasteiger partial charge >= 0.3 is 0 Å². The van der Waals surface area contributed by atoms with Crippen molar-refractivity contribution in [1.82, 2.24) is 10.2 Å². The molecule has 0 radical (unpaired) electrons. The minimum atomic E-state index is 0.370. The van der Waals surface area contributed by atoms with Crippen LogP contribution in [0.3, 0.4) is 0 Å². The number of hydrogen-bond donors (Lipinski definition) is 1. The van der Waals surface area contributed by atoms with Crippen molar-refractivity contribution in [3.63, 3.8) is 0 Å². The van der Waals surface area contributed by atoms with Gasteiger partial charge < -0.3 is 10.1 Å². The molecule has 122 valence electrons. The third-order valence-electron chi connectivity index (χ3n) is 6.01. The Labute approximate surface area is 130 Å². The van der Waals surface area contributed by atoms with Crippen LogP contribution in [0.5, 0.6) is 0 Å². The van der Waals surface area contributed by atoms with Gasteiger partial charge in [-0.2, -0.15) is 0 Å². The van der Waals surface area contributed by atoms with Crippen molar-refractivity contribution in [2.75, 3.05) is 32.8 Å². The van der Waals surface area contributed by atoms with Crippen LogP contribution in [0.1, 0.15) is 59.3 Å². The standard InChI is InChI=1S/C18H34N2O/c1-15(2)12-21-11-10-20-14-18(8-4-5-9-18)19-13-17(20,3)16-6-7-16/h15-16,19H,4-14H2,1-3H3. The number of nitrogens with zero attached hydrogens (tertiary/aromatic N) is 1. The lowest BCUT2D eigenvalue weighted by atomic mass is 9.83. The zero-order valence-corrected chi connectivity index (χ0v) is 14.3. The molecular formula is C18H34N2O. The van der Waals surface area contributed by atoms with Crippen molar-refractivity contribution in [3.05, 3.63) is 0 Å². The first-order valence-electron chi connectivity index (χ1n) is 9.12.